The number of esters is 3. The summed E-state index contributed by atoms with van der Waals surface area (Å²) in [7, 11) is 1.33. The van der Waals surface area contributed by atoms with Crippen LogP contribution in [0.15, 0.2) is 37.0 Å². The normalized spacial score (nSPS) is 18.8. The Morgan fingerprint density at radius 2 is 1.57 bits per heavy atom. The average Bonchev–Trinajstić information content (AvgIpc) is 3.36. The van der Waals surface area contributed by atoms with Crippen LogP contribution in [0.4, 0.5) is 0 Å². The number of epoxide rings is 1. The number of carbonyl (C=O) groups excluding carboxylic acids is 3. The summed E-state index contributed by atoms with van der Waals surface area (Å²) >= 11 is 0. The molecule has 0 spiro atoms. The fourth-order valence-corrected chi connectivity index (χ4v) is 1.64. The predicted octanol–water partition coefficient (Wildman–Crippen LogP) is 2.13. The van der Waals surface area contributed by atoms with Crippen molar-refractivity contribution in [3.8, 4) is 0 Å². The second-order valence-electron chi connectivity index (χ2n) is 6.08. The van der Waals surface area contributed by atoms with Crippen LogP contribution < -0.4 is 0 Å². The minimum atomic E-state index is -0.375. The molecule has 0 aromatic heterocycles. The van der Waals surface area contributed by atoms with E-state index in [4.69, 9.17) is 18.9 Å². The van der Waals surface area contributed by atoms with E-state index in [1.165, 1.54) is 7.11 Å². The van der Waals surface area contributed by atoms with Crippen molar-refractivity contribution in [2.45, 2.75) is 38.9 Å². The Balaban J connectivity index is 0.000000402. The Morgan fingerprint density at radius 1 is 1.00 bits per heavy atom. The first-order chi connectivity index (χ1) is 13.2. The third kappa shape index (κ3) is 13.7. The quantitative estimate of drug-likeness (QED) is 0.278. The van der Waals surface area contributed by atoms with Crippen LogP contribution in [0.3, 0.4) is 0 Å². The van der Waals surface area contributed by atoms with E-state index in [0.717, 1.165) is 25.5 Å². The molecular weight excluding hydrogens is 368 g/mol. The van der Waals surface area contributed by atoms with Gasteiger partial charge in [0.05, 0.1) is 19.8 Å². The molecule has 2 unspecified atom stereocenters. The number of rotatable bonds is 7. The van der Waals surface area contributed by atoms with Gasteiger partial charge in [-0.05, 0) is 26.7 Å². The zero-order valence-electron chi connectivity index (χ0n) is 16.9. The van der Waals surface area contributed by atoms with Gasteiger partial charge in [0.1, 0.15) is 19.3 Å². The smallest absolute Gasteiger partial charge is 0.333 e. The largest absolute Gasteiger partial charge is 0.466 e. The van der Waals surface area contributed by atoms with Crippen molar-refractivity contribution >= 4 is 17.9 Å². The molecule has 0 bridgehead atoms. The van der Waals surface area contributed by atoms with E-state index in [2.05, 4.69) is 24.5 Å². The maximum atomic E-state index is 10.7. The van der Waals surface area contributed by atoms with Gasteiger partial charge in [-0.1, -0.05) is 19.7 Å². The molecule has 2 rings (SSSR count). The molecule has 0 saturated carbocycles. The average molecular weight is 398 g/mol. The highest BCUT2D eigenvalue weighted by Gasteiger charge is 2.24. The molecule has 2 aliphatic rings. The summed E-state index contributed by atoms with van der Waals surface area (Å²) in [4.78, 5) is 31.5. The molecule has 0 aromatic rings. The molecule has 8 nitrogen and oxygen atoms in total. The first-order valence-corrected chi connectivity index (χ1v) is 8.80. The lowest BCUT2D eigenvalue weighted by Crippen LogP contribution is -2.16. The highest BCUT2D eigenvalue weighted by Crippen LogP contribution is 2.11. The predicted molar refractivity (Wildman–Crippen MR) is 102 cm³/mol. The Kier molecular flexibility index (Phi) is 13.3. The Hall–Kier alpha value is -2.45. The van der Waals surface area contributed by atoms with Crippen molar-refractivity contribution in [2.75, 3.05) is 33.5 Å². The summed E-state index contributed by atoms with van der Waals surface area (Å²) in [6, 6.07) is 0. The van der Waals surface area contributed by atoms with Crippen molar-refractivity contribution in [2.24, 2.45) is 0 Å². The van der Waals surface area contributed by atoms with Gasteiger partial charge in [-0.15, -0.1) is 0 Å². The molecule has 0 N–H and O–H groups in total. The molecular formula is C20H30O8. The molecule has 8 heteroatoms. The number of methoxy groups -OCH3 is 1. The molecule has 2 aliphatic heterocycles. The van der Waals surface area contributed by atoms with Gasteiger partial charge >= 0.3 is 17.9 Å². The van der Waals surface area contributed by atoms with Gasteiger partial charge in [0.25, 0.3) is 0 Å². The minimum Gasteiger partial charge on any atom is -0.466 e. The Labute approximate surface area is 166 Å². The van der Waals surface area contributed by atoms with E-state index in [-0.39, 0.29) is 30.1 Å². The zero-order valence-corrected chi connectivity index (χ0v) is 16.9. The zero-order chi connectivity index (χ0) is 21.5. The maximum Gasteiger partial charge on any atom is 0.333 e. The van der Waals surface area contributed by atoms with Crippen LogP contribution in [0, 0.1) is 0 Å². The standard InChI is InChI=1S/C8H12O3.C7H10O3.C5H8O2/c1-2-8(9)11-6-7-4-3-5-10-7;1-5(2)7(8)10-4-6-3-9-6;1-4(2)5(6)7-3/h2,7H,1,3-6H2;6H,1,3-4H2,2H3;1H2,2-3H3. The van der Waals surface area contributed by atoms with Crippen LogP contribution in [-0.2, 0) is 38.1 Å². The van der Waals surface area contributed by atoms with E-state index in [1.54, 1.807) is 13.8 Å². The van der Waals surface area contributed by atoms with Crippen LogP contribution in [0.5, 0.6) is 0 Å². The van der Waals surface area contributed by atoms with Crippen molar-refractivity contribution in [3.63, 3.8) is 0 Å². The highest BCUT2D eigenvalue weighted by atomic mass is 16.6. The van der Waals surface area contributed by atoms with E-state index >= 15 is 0 Å². The van der Waals surface area contributed by atoms with Crippen LogP contribution in [0.2, 0.25) is 0 Å². The van der Waals surface area contributed by atoms with Crippen molar-refractivity contribution < 1.29 is 38.1 Å². The van der Waals surface area contributed by atoms with Crippen molar-refractivity contribution in [3.05, 3.63) is 37.0 Å². The van der Waals surface area contributed by atoms with Crippen LogP contribution in [0.25, 0.3) is 0 Å². The van der Waals surface area contributed by atoms with Crippen LogP contribution >= 0.6 is 0 Å². The van der Waals surface area contributed by atoms with Gasteiger partial charge in [-0.2, -0.15) is 0 Å². The molecule has 2 saturated heterocycles. The molecule has 2 atom stereocenters. The lowest BCUT2D eigenvalue weighted by molar-refractivity contribution is -0.141. The number of carbonyl (C=O) groups is 3. The van der Waals surface area contributed by atoms with E-state index in [0.29, 0.717) is 31.0 Å². The summed E-state index contributed by atoms with van der Waals surface area (Å²) in [6.07, 6.45) is 3.47. The van der Waals surface area contributed by atoms with Crippen molar-refractivity contribution in [1.82, 2.24) is 0 Å². The van der Waals surface area contributed by atoms with Gasteiger partial charge in [0.2, 0.25) is 0 Å². The second kappa shape index (κ2) is 14.6. The first-order valence-electron chi connectivity index (χ1n) is 8.80. The summed E-state index contributed by atoms with van der Waals surface area (Å²) < 4.78 is 23.9. The number of hydrogen-bond acceptors (Lipinski definition) is 8. The fraction of sp³-hybridized carbons (Fsp3) is 0.550. The van der Waals surface area contributed by atoms with Gasteiger partial charge in [0, 0.05) is 23.8 Å². The fourth-order valence-electron chi connectivity index (χ4n) is 1.64. The summed E-state index contributed by atoms with van der Waals surface area (Å²) in [6.45, 7) is 15.5. The van der Waals surface area contributed by atoms with Crippen molar-refractivity contribution in [1.29, 1.82) is 0 Å². The minimum absolute atomic E-state index is 0.110. The van der Waals surface area contributed by atoms with E-state index < -0.39 is 0 Å². The SMILES string of the molecule is C=C(C)C(=O)OC.C=C(C)C(=O)OCC1CO1.C=CC(=O)OCC1CCCO1. The third-order valence-electron chi connectivity index (χ3n) is 3.29. The topological polar surface area (TPSA) is 101 Å². The van der Waals surface area contributed by atoms with Gasteiger partial charge in [0.15, 0.2) is 0 Å². The Bertz CT molecular complexity index is 557. The highest BCUT2D eigenvalue weighted by molar-refractivity contribution is 5.87. The Morgan fingerprint density at radius 3 is 1.93 bits per heavy atom. The molecule has 0 amide bonds. The molecule has 2 heterocycles. The first kappa shape index (κ1) is 25.6. The second-order valence-corrected chi connectivity index (χ2v) is 6.08. The maximum absolute atomic E-state index is 10.7. The third-order valence-corrected chi connectivity index (χ3v) is 3.29. The summed E-state index contributed by atoms with van der Waals surface area (Å²) in [5.74, 6) is -1.06. The lowest BCUT2D eigenvalue weighted by Gasteiger charge is -2.07. The molecule has 2 fully saturated rings. The van der Waals surface area contributed by atoms with E-state index in [1.807, 2.05) is 0 Å². The molecule has 158 valence electrons. The van der Waals surface area contributed by atoms with Gasteiger partial charge < -0.3 is 23.7 Å². The number of hydrogen-bond donors (Lipinski definition) is 0. The molecule has 0 aliphatic carbocycles. The molecule has 0 radical (unpaired) electrons. The molecule has 28 heavy (non-hydrogen) atoms. The molecule has 0 aromatic carbocycles. The van der Waals surface area contributed by atoms with Crippen LogP contribution in [0.1, 0.15) is 26.7 Å². The summed E-state index contributed by atoms with van der Waals surface area (Å²) in [5.41, 5.74) is 0.864. The monoisotopic (exact) mass is 398 g/mol. The van der Waals surface area contributed by atoms with Crippen LogP contribution in [-0.4, -0.2) is 63.7 Å². The number of ether oxygens (including phenoxy) is 5. The summed E-state index contributed by atoms with van der Waals surface area (Å²) in [5, 5.41) is 0. The van der Waals surface area contributed by atoms with Gasteiger partial charge in [-0.3, -0.25) is 0 Å². The van der Waals surface area contributed by atoms with E-state index in [9.17, 15) is 14.4 Å². The lowest BCUT2D eigenvalue weighted by atomic mass is 10.2. The van der Waals surface area contributed by atoms with Gasteiger partial charge in [-0.25, -0.2) is 14.4 Å².